The number of rotatable bonds is 7. The fourth-order valence-electron chi connectivity index (χ4n) is 2.09. The quantitative estimate of drug-likeness (QED) is 0.472. The average Bonchev–Trinajstić information content (AvgIpc) is 2.51. The third kappa shape index (κ3) is 6.18. The molecule has 4 nitrogen and oxygen atoms in total. The Balaban J connectivity index is 0.00000264. The van der Waals surface area contributed by atoms with E-state index < -0.39 is 4.92 Å². The molecule has 2 aromatic rings. The number of halogens is 2. The maximum absolute atomic E-state index is 13.0. The highest BCUT2D eigenvalue weighted by molar-refractivity contribution is 5.85. The van der Waals surface area contributed by atoms with Gasteiger partial charge in [0.05, 0.1) is 10.5 Å². The molecule has 0 spiro atoms. The number of nitrogens with zero attached hydrogens (tertiary/aromatic N) is 1. The summed E-state index contributed by atoms with van der Waals surface area (Å²) in [5.74, 6) is -0.228. The topological polar surface area (TPSA) is 55.2 Å². The molecule has 1 N–H and O–H groups in total. The molecule has 0 amide bonds. The molecule has 0 heterocycles. The molecule has 23 heavy (non-hydrogen) atoms. The van der Waals surface area contributed by atoms with Crippen LogP contribution < -0.4 is 5.32 Å². The van der Waals surface area contributed by atoms with Crippen molar-refractivity contribution in [3.63, 3.8) is 0 Å². The van der Waals surface area contributed by atoms with E-state index in [0.717, 1.165) is 12.0 Å². The van der Waals surface area contributed by atoms with Gasteiger partial charge in [0, 0.05) is 12.6 Å². The molecule has 0 fully saturated rings. The molecule has 0 unspecified atom stereocenters. The van der Waals surface area contributed by atoms with Gasteiger partial charge in [-0.3, -0.25) is 10.1 Å². The van der Waals surface area contributed by atoms with E-state index in [0.29, 0.717) is 18.7 Å². The largest absolute Gasteiger partial charge is 0.313 e. The molecule has 0 radical (unpaired) electrons. The molecule has 6 heteroatoms. The molecule has 0 saturated heterocycles. The smallest absolute Gasteiger partial charge is 0.276 e. The van der Waals surface area contributed by atoms with Gasteiger partial charge >= 0.3 is 0 Å². The Kier molecular flexibility index (Phi) is 7.94. The van der Waals surface area contributed by atoms with Gasteiger partial charge in [0.15, 0.2) is 0 Å². The van der Waals surface area contributed by atoms with Gasteiger partial charge in [-0.1, -0.05) is 36.4 Å². The van der Waals surface area contributed by atoms with Crippen LogP contribution in [0.1, 0.15) is 11.1 Å². The lowest BCUT2D eigenvalue weighted by Crippen LogP contribution is -2.16. The summed E-state index contributed by atoms with van der Waals surface area (Å²) >= 11 is 0. The summed E-state index contributed by atoms with van der Waals surface area (Å²) in [7, 11) is 0. The first-order valence-corrected chi connectivity index (χ1v) is 7.02. The Morgan fingerprint density at radius 3 is 2.70 bits per heavy atom. The van der Waals surface area contributed by atoms with Crippen LogP contribution >= 0.6 is 12.4 Å². The summed E-state index contributed by atoms with van der Waals surface area (Å²) in [6, 6.07) is 13.1. The van der Waals surface area contributed by atoms with Crippen LogP contribution in [0, 0.1) is 15.9 Å². The molecular weight excluding hydrogens is 319 g/mol. The van der Waals surface area contributed by atoms with Crippen LogP contribution in [-0.4, -0.2) is 18.0 Å². The zero-order valence-electron chi connectivity index (χ0n) is 12.4. The van der Waals surface area contributed by atoms with Gasteiger partial charge < -0.3 is 5.32 Å². The van der Waals surface area contributed by atoms with E-state index in [4.69, 9.17) is 0 Å². The van der Waals surface area contributed by atoms with E-state index in [1.807, 2.05) is 12.1 Å². The zero-order valence-corrected chi connectivity index (χ0v) is 13.3. The summed E-state index contributed by atoms with van der Waals surface area (Å²) in [4.78, 5) is 10.5. The van der Waals surface area contributed by atoms with Crippen LogP contribution in [0.25, 0.3) is 6.08 Å². The number of hydrogen-bond donors (Lipinski definition) is 1. The molecule has 0 aliphatic carbocycles. The second-order valence-corrected chi connectivity index (χ2v) is 4.80. The van der Waals surface area contributed by atoms with Gasteiger partial charge in [0.2, 0.25) is 0 Å². The van der Waals surface area contributed by atoms with Crippen molar-refractivity contribution in [3.8, 4) is 0 Å². The van der Waals surface area contributed by atoms with E-state index >= 15 is 0 Å². The maximum atomic E-state index is 13.0. The Morgan fingerprint density at radius 1 is 1.17 bits per heavy atom. The third-order valence-electron chi connectivity index (χ3n) is 3.17. The van der Waals surface area contributed by atoms with Gasteiger partial charge in [-0.05, 0) is 36.7 Å². The molecule has 0 aromatic heterocycles. The summed E-state index contributed by atoms with van der Waals surface area (Å²) in [5.41, 5.74) is 1.62. The van der Waals surface area contributed by atoms with E-state index in [9.17, 15) is 14.5 Å². The highest BCUT2D eigenvalue weighted by atomic mass is 35.5. The molecule has 2 rings (SSSR count). The van der Waals surface area contributed by atoms with Crippen LogP contribution in [0.4, 0.5) is 10.1 Å². The first-order chi connectivity index (χ1) is 10.7. The van der Waals surface area contributed by atoms with Gasteiger partial charge in [-0.2, -0.15) is 0 Å². The first-order valence-electron chi connectivity index (χ1n) is 7.02. The number of para-hydroxylation sites is 1. The van der Waals surface area contributed by atoms with E-state index in [1.54, 1.807) is 30.3 Å². The summed E-state index contributed by atoms with van der Waals surface area (Å²) in [6.07, 6.45) is 4.30. The number of nitro groups is 1. The molecule has 0 saturated carbocycles. The molecule has 0 aliphatic rings. The monoisotopic (exact) mass is 336 g/mol. The van der Waals surface area contributed by atoms with Crippen molar-refractivity contribution < 1.29 is 9.31 Å². The Morgan fingerprint density at radius 2 is 1.96 bits per heavy atom. The Bertz CT molecular complexity index is 677. The first kappa shape index (κ1) is 18.8. The fraction of sp³-hybridized carbons (Fsp3) is 0.176. The van der Waals surface area contributed by atoms with Gasteiger partial charge in [-0.15, -0.1) is 12.4 Å². The van der Waals surface area contributed by atoms with Gasteiger partial charge in [-0.25, -0.2) is 4.39 Å². The third-order valence-corrected chi connectivity index (χ3v) is 3.17. The molecule has 0 bridgehead atoms. The van der Waals surface area contributed by atoms with Gasteiger partial charge in [0.25, 0.3) is 5.69 Å². The average molecular weight is 337 g/mol. The normalized spacial score (nSPS) is 10.5. The molecule has 0 atom stereocenters. The summed E-state index contributed by atoms with van der Waals surface area (Å²) < 4.78 is 13.0. The minimum atomic E-state index is -0.392. The molecular formula is C17H18ClFN2O2. The second-order valence-electron chi connectivity index (χ2n) is 4.80. The van der Waals surface area contributed by atoms with Crippen LogP contribution in [0.2, 0.25) is 0 Å². The SMILES string of the molecule is Cl.O=[N+]([O-])c1ccccc1C=CCNCCc1cccc(F)c1. The Labute approximate surface area is 140 Å². The Hall–Kier alpha value is -2.24. The van der Waals surface area contributed by atoms with E-state index in [2.05, 4.69) is 5.32 Å². The lowest BCUT2D eigenvalue weighted by atomic mass is 10.1. The zero-order chi connectivity index (χ0) is 15.8. The lowest BCUT2D eigenvalue weighted by molar-refractivity contribution is -0.385. The number of nitrogens with one attached hydrogen (secondary N) is 1. The van der Waals surface area contributed by atoms with Crippen LogP contribution in [0.15, 0.2) is 54.6 Å². The molecule has 2 aromatic carbocycles. The maximum Gasteiger partial charge on any atom is 0.276 e. The van der Waals surface area contributed by atoms with Crippen molar-refractivity contribution in [1.29, 1.82) is 0 Å². The standard InChI is InChI=1S/C17H17FN2O2.ClH/c18-16-8-3-5-14(13-16)10-12-19-11-4-7-15-6-1-2-9-17(15)20(21)22;/h1-9,13,19H,10-12H2;1H. The van der Waals surface area contributed by atoms with Crippen molar-refractivity contribution >= 4 is 24.2 Å². The van der Waals surface area contributed by atoms with Crippen molar-refractivity contribution in [1.82, 2.24) is 5.32 Å². The van der Waals surface area contributed by atoms with Gasteiger partial charge in [0.1, 0.15) is 5.82 Å². The fourth-order valence-corrected chi connectivity index (χ4v) is 2.09. The highest BCUT2D eigenvalue weighted by Gasteiger charge is 2.08. The minimum Gasteiger partial charge on any atom is -0.313 e. The number of benzene rings is 2. The molecule has 0 aliphatic heterocycles. The predicted molar refractivity (Wildman–Crippen MR) is 92.4 cm³/mol. The lowest BCUT2D eigenvalue weighted by Gasteiger charge is -2.02. The van der Waals surface area contributed by atoms with Crippen LogP contribution in [0.3, 0.4) is 0 Å². The van der Waals surface area contributed by atoms with Crippen molar-refractivity contribution in [3.05, 3.63) is 81.7 Å². The van der Waals surface area contributed by atoms with Crippen molar-refractivity contribution in [2.45, 2.75) is 6.42 Å². The summed E-state index contributed by atoms with van der Waals surface area (Å²) in [5, 5.41) is 14.1. The van der Waals surface area contributed by atoms with Crippen molar-refractivity contribution in [2.75, 3.05) is 13.1 Å². The molecule has 122 valence electrons. The van der Waals surface area contributed by atoms with E-state index in [1.165, 1.54) is 18.2 Å². The van der Waals surface area contributed by atoms with E-state index in [-0.39, 0.29) is 23.9 Å². The van der Waals surface area contributed by atoms with Crippen LogP contribution in [-0.2, 0) is 6.42 Å². The summed E-state index contributed by atoms with van der Waals surface area (Å²) in [6.45, 7) is 1.31. The number of hydrogen-bond acceptors (Lipinski definition) is 3. The predicted octanol–water partition coefficient (Wildman–Crippen LogP) is 4.00. The van der Waals surface area contributed by atoms with Crippen LogP contribution in [0.5, 0.6) is 0 Å². The second kappa shape index (κ2) is 9.71. The number of nitro benzene ring substituents is 1. The minimum absolute atomic E-state index is 0. The van der Waals surface area contributed by atoms with Crippen molar-refractivity contribution in [2.24, 2.45) is 0 Å². The highest BCUT2D eigenvalue weighted by Crippen LogP contribution is 2.18.